The number of aliphatic hydroxyl groups excluding tert-OH is 2. The number of carbonyl (C=O) groups is 1. The van der Waals surface area contributed by atoms with Crippen LogP contribution in [-0.2, 0) is 4.79 Å². The Bertz CT molecular complexity index is 932. The number of carbonyl (C=O) groups excluding carboxylic acids is 1. The molecule has 1 amide bonds. The highest BCUT2D eigenvalue weighted by Crippen LogP contribution is 2.18. The first-order chi connectivity index (χ1) is 31.7. The lowest BCUT2D eigenvalue weighted by Gasteiger charge is -2.19. The van der Waals surface area contributed by atoms with Gasteiger partial charge in [-0.3, -0.25) is 4.79 Å². The third-order valence-electron chi connectivity index (χ3n) is 13.9. The molecule has 2 unspecified atom stereocenters. The predicted octanol–water partition coefficient (Wildman–Crippen LogP) is 19.5. The zero-order valence-corrected chi connectivity index (χ0v) is 43.8. The molecule has 0 radical (unpaired) electrons. The average Bonchev–Trinajstić information content (AvgIpc) is 3.30. The number of rotatable bonds is 55. The maximum absolute atomic E-state index is 12.5. The van der Waals surface area contributed by atoms with Gasteiger partial charge in [0.1, 0.15) is 0 Å². The number of hydrogen-bond donors (Lipinski definition) is 3. The van der Waals surface area contributed by atoms with Crippen molar-refractivity contribution in [3.63, 3.8) is 0 Å². The number of aliphatic hydroxyl groups is 2. The number of hydrogen-bond acceptors (Lipinski definition) is 3. The van der Waals surface area contributed by atoms with Gasteiger partial charge in [0.15, 0.2) is 0 Å². The Labute approximate surface area is 402 Å². The summed E-state index contributed by atoms with van der Waals surface area (Å²) in [6.45, 7) is 4.34. The monoisotopic (exact) mass is 900 g/mol. The quantitative estimate of drug-likeness (QED) is 0.0421. The first-order valence-corrected chi connectivity index (χ1v) is 29.6. The van der Waals surface area contributed by atoms with Gasteiger partial charge in [-0.15, -0.1) is 0 Å². The number of nitrogens with one attached hydrogen (secondary N) is 1. The van der Waals surface area contributed by atoms with Crippen molar-refractivity contribution in [2.45, 2.75) is 347 Å². The van der Waals surface area contributed by atoms with Gasteiger partial charge >= 0.3 is 0 Å². The average molecular weight is 901 g/mol. The minimum Gasteiger partial charge on any atom is -0.394 e. The van der Waals surface area contributed by atoms with Gasteiger partial charge in [-0.25, -0.2) is 0 Å². The van der Waals surface area contributed by atoms with E-state index in [1.165, 1.54) is 283 Å². The van der Waals surface area contributed by atoms with Crippen LogP contribution < -0.4 is 5.32 Å². The van der Waals surface area contributed by atoms with Gasteiger partial charge < -0.3 is 15.5 Å². The highest BCUT2D eigenvalue weighted by molar-refractivity contribution is 5.76. The molecule has 380 valence electrons. The predicted molar refractivity (Wildman–Crippen MR) is 286 cm³/mol. The van der Waals surface area contributed by atoms with E-state index >= 15 is 0 Å². The Kier molecular flexibility index (Phi) is 55.2. The Morgan fingerprint density at radius 2 is 0.609 bits per heavy atom. The van der Waals surface area contributed by atoms with E-state index in [0.717, 1.165) is 32.1 Å². The molecule has 0 aliphatic heterocycles. The molecule has 0 aromatic carbocycles. The normalized spacial score (nSPS) is 12.9. The number of allylic oxidation sites excluding steroid dienone is 3. The van der Waals surface area contributed by atoms with E-state index in [-0.39, 0.29) is 12.5 Å². The molecule has 0 heterocycles. The molecule has 0 spiro atoms. The van der Waals surface area contributed by atoms with Crippen molar-refractivity contribution < 1.29 is 15.0 Å². The maximum atomic E-state index is 12.5. The van der Waals surface area contributed by atoms with E-state index in [1.54, 1.807) is 6.08 Å². The molecule has 0 aromatic rings. The van der Waals surface area contributed by atoms with Crippen molar-refractivity contribution >= 4 is 5.91 Å². The van der Waals surface area contributed by atoms with Crippen LogP contribution in [0.15, 0.2) is 24.3 Å². The van der Waals surface area contributed by atoms with Crippen LogP contribution in [0.4, 0.5) is 0 Å². The van der Waals surface area contributed by atoms with Gasteiger partial charge in [0.2, 0.25) is 5.91 Å². The number of unbranched alkanes of at least 4 members (excludes halogenated alkanes) is 46. The molecule has 0 aliphatic rings. The third-order valence-corrected chi connectivity index (χ3v) is 13.9. The molecule has 0 saturated carbocycles. The molecule has 0 bridgehead atoms. The van der Waals surface area contributed by atoms with E-state index in [2.05, 4.69) is 31.3 Å². The van der Waals surface area contributed by atoms with Gasteiger partial charge in [-0.05, 0) is 32.1 Å². The van der Waals surface area contributed by atoms with Crippen molar-refractivity contribution in [1.29, 1.82) is 0 Å². The lowest BCUT2D eigenvalue weighted by molar-refractivity contribution is -0.123. The summed E-state index contributed by atoms with van der Waals surface area (Å²) in [4.78, 5) is 12.5. The van der Waals surface area contributed by atoms with E-state index in [1.807, 2.05) is 6.08 Å². The smallest absolute Gasteiger partial charge is 0.220 e. The van der Waals surface area contributed by atoms with Crippen molar-refractivity contribution in [2.75, 3.05) is 6.61 Å². The zero-order chi connectivity index (χ0) is 46.3. The summed E-state index contributed by atoms with van der Waals surface area (Å²) in [6, 6.07) is -0.637. The van der Waals surface area contributed by atoms with Crippen LogP contribution in [0.3, 0.4) is 0 Å². The van der Waals surface area contributed by atoms with Crippen LogP contribution in [0, 0.1) is 0 Å². The lowest BCUT2D eigenvalue weighted by atomic mass is 10.0. The van der Waals surface area contributed by atoms with E-state index in [4.69, 9.17) is 0 Å². The lowest BCUT2D eigenvalue weighted by Crippen LogP contribution is -2.45. The standard InChI is InChI=1S/C60H117NO3/c1-3-5-7-9-11-13-15-17-19-21-23-25-27-29-31-33-35-37-39-41-43-45-47-49-51-53-55-59(63)58(57-62)61-60(64)56-54-52-50-48-46-44-42-40-38-36-34-32-30-28-26-24-22-20-18-16-14-12-10-8-6-4-2/h45,47,53,55,58-59,62-63H,3-44,46,48-52,54,56-57H2,1-2H3,(H,61,64)/b47-45+,55-53+. The summed E-state index contributed by atoms with van der Waals surface area (Å²) in [6.07, 6.45) is 75.0. The molecule has 0 aromatic heterocycles. The van der Waals surface area contributed by atoms with Crippen LogP contribution in [0.25, 0.3) is 0 Å². The largest absolute Gasteiger partial charge is 0.394 e. The van der Waals surface area contributed by atoms with Gasteiger partial charge in [-0.2, -0.15) is 0 Å². The van der Waals surface area contributed by atoms with E-state index in [9.17, 15) is 15.0 Å². The van der Waals surface area contributed by atoms with Crippen molar-refractivity contribution in [3.8, 4) is 0 Å². The van der Waals surface area contributed by atoms with Gasteiger partial charge in [0.05, 0.1) is 18.8 Å². The van der Waals surface area contributed by atoms with Gasteiger partial charge in [0, 0.05) is 6.42 Å². The molecule has 0 saturated heterocycles. The molecule has 2 atom stereocenters. The Hall–Kier alpha value is -1.13. The van der Waals surface area contributed by atoms with Crippen molar-refractivity contribution in [1.82, 2.24) is 5.32 Å². The molecule has 0 rings (SSSR count). The van der Waals surface area contributed by atoms with Crippen LogP contribution in [0.5, 0.6) is 0 Å². The second-order valence-electron chi connectivity index (χ2n) is 20.4. The maximum Gasteiger partial charge on any atom is 0.220 e. The highest BCUT2D eigenvalue weighted by Gasteiger charge is 2.18. The first-order valence-electron chi connectivity index (χ1n) is 29.6. The molecular weight excluding hydrogens is 783 g/mol. The fraction of sp³-hybridized carbons (Fsp3) is 0.917. The summed E-state index contributed by atoms with van der Waals surface area (Å²) in [7, 11) is 0. The van der Waals surface area contributed by atoms with Crippen LogP contribution in [0.2, 0.25) is 0 Å². The Morgan fingerprint density at radius 3 is 0.906 bits per heavy atom. The van der Waals surface area contributed by atoms with Crippen molar-refractivity contribution in [3.05, 3.63) is 24.3 Å². The van der Waals surface area contributed by atoms with Crippen LogP contribution >= 0.6 is 0 Å². The SMILES string of the molecule is CCCCCCCCCCCCCCCCCCCCCC/C=C/CC/C=C/C(O)C(CO)NC(=O)CCCCCCCCCCCCCCCCCCCCCCCCCCCC. The van der Waals surface area contributed by atoms with Crippen LogP contribution in [-0.4, -0.2) is 34.9 Å². The summed E-state index contributed by atoms with van der Waals surface area (Å²) in [5.41, 5.74) is 0. The fourth-order valence-electron chi connectivity index (χ4n) is 9.43. The molecule has 0 aliphatic carbocycles. The van der Waals surface area contributed by atoms with E-state index < -0.39 is 12.1 Å². The molecular formula is C60H117NO3. The molecule has 4 nitrogen and oxygen atoms in total. The Balaban J connectivity index is 3.48. The van der Waals surface area contributed by atoms with Crippen LogP contribution in [0.1, 0.15) is 335 Å². The Morgan fingerprint density at radius 1 is 0.359 bits per heavy atom. The second-order valence-corrected chi connectivity index (χ2v) is 20.4. The zero-order valence-electron chi connectivity index (χ0n) is 43.8. The molecule has 64 heavy (non-hydrogen) atoms. The molecule has 3 N–H and O–H groups in total. The summed E-state index contributed by atoms with van der Waals surface area (Å²) >= 11 is 0. The summed E-state index contributed by atoms with van der Waals surface area (Å²) < 4.78 is 0. The third kappa shape index (κ3) is 51.8. The first kappa shape index (κ1) is 62.9. The second kappa shape index (κ2) is 56.2. The molecule has 0 fully saturated rings. The fourth-order valence-corrected chi connectivity index (χ4v) is 9.43. The minimum atomic E-state index is -0.860. The van der Waals surface area contributed by atoms with E-state index in [0.29, 0.717) is 6.42 Å². The number of amides is 1. The van der Waals surface area contributed by atoms with Crippen molar-refractivity contribution in [2.24, 2.45) is 0 Å². The van der Waals surface area contributed by atoms with Gasteiger partial charge in [-0.1, -0.05) is 321 Å². The summed E-state index contributed by atoms with van der Waals surface area (Å²) in [5.74, 6) is -0.0659. The minimum absolute atomic E-state index is 0.0659. The molecule has 4 heteroatoms. The topological polar surface area (TPSA) is 69.6 Å². The highest BCUT2D eigenvalue weighted by atomic mass is 16.3. The summed E-state index contributed by atoms with van der Waals surface area (Å²) in [5, 5.41) is 23.2. The van der Waals surface area contributed by atoms with Gasteiger partial charge in [0.25, 0.3) is 0 Å².